The van der Waals surface area contributed by atoms with Crippen molar-refractivity contribution in [2.75, 3.05) is 0 Å². The molecule has 0 spiro atoms. The second-order valence-corrected chi connectivity index (χ2v) is 4.01. The average Bonchev–Trinajstić information content (AvgIpc) is 2.29. The number of hydrogen-bond acceptors (Lipinski definition) is 2. The van der Waals surface area contributed by atoms with Crippen molar-refractivity contribution in [3.63, 3.8) is 0 Å². The normalized spacial score (nSPS) is 9.94. The summed E-state index contributed by atoms with van der Waals surface area (Å²) in [6.45, 7) is 3.86. The van der Waals surface area contributed by atoms with Crippen molar-refractivity contribution >= 4 is 0 Å². The Labute approximate surface area is 99.6 Å². The number of nitrogens with zero attached hydrogens (tertiary/aromatic N) is 2. The Balaban J connectivity index is 2.68. The Morgan fingerprint density at radius 1 is 1.24 bits per heavy atom. The quantitative estimate of drug-likeness (QED) is 0.746. The molecule has 3 nitrogen and oxygen atoms in total. The first-order valence-electron chi connectivity index (χ1n) is 5.32. The van der Waals surface area contributed by atoms with Crippen molar-refractivity contribution in [1.82, 2.24) is 4.57 Å². The molecule has 0 fully saturated rings. The molecule has 0 bridgehead atoms. The summed E-state index contributed by atoms with van der Waals surface area (Å²) >= 11 is 0. The first-order valence-corrected chi connectivity index (χ1v) is 5.32. The molecule has 84 valence electrons. The smallest absolute Gasteiger partial charge is 0.199 e. The maximum atomic E-state index is 11.5. The lowest BCUT2D eigenvalue weighted by atomic mass is 10.2. The van der Waals surface area contributed by atoms with Gasteiger partial charge in [-0.2, -0.15) is 5.26 Å². The van der Waals surface area contributed by atoms with Gasteiger partial charge in [0.15, 0.2) is 5.43 Å². The molecule has 0 saturated carbocycles. The van der Waals surface area contributed by atoms with Crippen LogP contribution in [0.4, 0.5) is 0 Å². The van der Waals surface area contributed by atoms with E-state index in [-0.39, 0.29) is 11.0 Å². The van der Waals surface area contributed by atoms with Gasteiger partial charge in [0, 0.05) is 23.6 Å². The van der Waals surface area contributed by atoms with Crippen LogP contribution in [0.1, 0.15) is 16.8 Å². The van der Waals surface area contributed by atoms with Gasteiger partial charge < -0.3 is 4.57 Å². The molecule has 17 heavy (non-hydrogen) atoms. The monoisotopic (exact) mass is 224 g/mol. The van der Waals surface area contributed by atoms with Crippen LogP contribution < -0.4 is 5.43 Å². The summed E-state index contributed by atoms with van der Waals surface area (Å²) in [5, 5.41) is 8.87. The standard InChI is InChI=1S/C14H12N2O/c1-10-4-3-5-13(6-10)16-9-12(8-15)14(17)7-11(16)2/h3-7,9H,1-2H3. The van der Waals surface area contributed by atoms with Gasteiger partial charge in [-0.05, 0) is 31.5 Å². The van der Waals surface area contributed by atoms with E-state index in [1.54, 1.807) is 6.20 Å². The van der Waals surface area contributed by atoms with Crippen molar-refractivity contribution < 1.29 is 0 Å². The van der Waals surface area contributed by atoms with Gasteiger partial charge in [0.05, 0.1) is 0 Å². The van der Waals surface area contributed by atoms with Gasteiger partial charge in [0.1, 0.15) is 11.6 Å². The van der Waals surface area contributed by atoms with Crippen LogP contribution in [-0.2, 0) is 0 Å². The lowest BCUT2D eigenvalue weighted by molar-refractivity contribution is 0.966. The Kier molecular flexibility index (Phi) is 2.80. The third-order valence-corrected chi connectivity index (χ3v) is 2.64. The van der Waals surface area contributed by atoms with E-state index in [9.17, 15) is 4.79 Å². The maximum absolute atomic E-state index is 11.5. The highest BCUT2D eigenvalue weighted by Gasteiger charge is 2.04. The van der Waals surface area contributed by atoms with Gasteiger partial charge >= 0.3 is 0 Å². The van der Waals surface area contributed by atoms with Crippen LogP contribution in [0, 0.1) is 25.2 Å². The van der Waals surface area contributed by atoms with E-state index in [4.69, 9.17) is 5.26 Å². The second-order valence-electron chi connectivity index (χ2n) is 4.01. The molecule has 2 aromatic rings. The van der Waals surface area contributed by atoms with Crippen molar-refractivity contribution in [3.8, 4) is 11.8 Å². The van der Waals surface area contributed by atoms with Crippen LogP contribution in [0.2, 0.25) is 0 Å². The van der Waals surface area contributed by atoms with Crippen LogP contribution in [0.15, 0.2) is 41.3 Å². The van der Waals surface area contributed by atoms with Gasteiger partial charge in [-0.15, -0.1) is 0 Å². The molecule has 0 aliphatic heterocycles. The van der Waals surface area contributed by atoms with Crippen molar-refractivity contribution in [3.05, 3.63) is 63.6 Å². The Bertz CT molecular complexity index is 663. The van der Waals surface area contributed by atoms with Crippen molar-refractivity contribution in [2.24, 2.45) is 0 Å². The van der Waals surface area contributed by atoms with E-state index in [0.717, 1.165) is 16.9 Å². The molecule has 2 rings (SSSR count). The van der Waals surface area contributed by atoms with Gasteiger partial charge in [-0.1, -0.05) is 12.1 Å². The minimum atomic E-state index is -0.228. The predicted molar refractivity (Wildman–Crippen MR) is 66.2 cm³/mol. The minimum Gasteiger partial charge on any atom is -0.320 e. The second kappa shape index (κ2) is 4.26. The molecular formula is C14H12N2O. The topological polar surface area (TPSA) is 45.8 Å². The number of nitriles is 1. The number of hydrogen-bond donors (Lipinski definition) is 0. The summed E-state index contributed by atoms with van der Waals surface area (Å²) in [5.41, 5.74) is 2.85. The molecule has 3 heteroatoms. The molecule has 0 aliphatic rings. The molecule has 0 saturated heterocycles. The number of pyridine rings is 1. The SMILES string of the molecule is Cc1cccc(-n2cc(C#N)c(=O)cc2C)c1. The maximum Gasteiger partial charge on any atom is 0.199 e. The van der Waals surface area contributed by atoms with Crippen LogP contribution in [-0.4, -0.2) is 4.57 Å². The van der Waals surface area contributed by atoms with Crippen LogP contribution in [0.5, 0.6) is 0 Å². The molecule has 1 aromatic heterocycles. The van der Waals surface area contributed by atoms with Crippen LogP contribution in [0.3, 0.4) is 0 Å². The molecular weight excluding hydrogens is 212 g/mol. The highest BCUT2D eigenvalue weighted by molar-refractivity contribution is 5.40. The summed E-state index contributed by atoms with van der Waals surface area (Å²) in [4.78, 5) is 11.5. The molecule has 0 amide bonds. The predicted octanol–water partition coefficient (Wildman–Crippen LogP) is 2.33. The van der Waals surface area contributed by atoms with Gasteiger partial charge in [0.2, 0.25) is 0 Å². The zero-order valence-electron chi connectivity index (χ0n) is 9.77. The molecule has 0 radical (unpaired) electrons. The van der Waals surface area contributed by atoms with E-state index in [2.05, 4.69) is 0 Å². The van der Waals surface area contributed by atoms with E-state index in [1.165, 1.54) is 6.07 Å². The van der Waals surface area contributed by atoms with E-state index in [0.29, 0.717) is 0 Å². The fraction of sp³-hybridized carbons (Fsp3) is 0.143. The number of rotatable bonds is 1. The number of aromatic nitrogens is 1. The molecule has 0 atom stereocenters. The summed E-state index contributed by atoms with van der Waals surface area (Å²) in [5.74, 6) is 0. The van der Waals surface area contributed by atoms with Crippen LogP contribution in [0.25, 0.3) is 5.69 Å². The zero-order chi connectivity index (χ0) is 12.4. The molecule has 0 unspecified atom stereocenters. The average molecular weight is 224 g/mol. The molecule has 1 aromatic carbocycles. The van der Waals surface area contributed by atoms with Crippen molar-refractivity contribution in [2.45, 2.75) is 13.8 Å². The first-order chi connectivity index (χ1) is 8.11. The van der Waals surface area contributed by atoms with Gasteiger partial charge in [-0.25, -0.2) is 0 Å². The Hall–Kier alpha value is -2.34. The minimum absolute atomic E-state index is 0.164. The van der Waals surface area contributed by atoms with E-state index in [1.807, 2.05) is 48.7 Å². The lowest BCUT2D eigenvalue weighted by Crippen LogP contribution is -2.11. The number of aryl methyl sites for hydroxylation is 2. The highest BCUT2D eigenvalue weighted by Crippen LogP contribution is 2.12. The lowest BCUT2D eigenvalue weighted by Gasteiger charge is -2.11. The van der Waals surface area contributed by atoms with Gasteiger partial charge in [-0.3, -0.25) is 4.79 Å². The van der Waals surface area contributed by atoms with Crippen molar-refractivity contribution in [1.29, 1.82) is 5.26 Å². The van der Waals surface area contributed by atoms with E-state index >= 15 is 0 Å². The fourth-order valence-electron chi connectivity index (χ4n) is 1.77. The Morgan fingerprint density at radius 2 is 2.00 bits per heavy atom. The Morgan fingerprint density at radius 3 is 2.65 bits per heavy atom. The van der Waals surface area contributed by atoms with Gasteiger partial charge in [0.25, 0.3) is 0 Å². The third-order valence-electron chi connectivity index (χ3n) is 2.64. The highest BCUT2D eigenvalue weighted by atomic mass is 16.1. The van der Waals surface area contributed by atoms with Crippen LogP contribution >= 0.6 is 0 Å². The van der Waals surface area contributed by atoms with E-state index < -0.39 is 0 Å². The first kappa shape index (κ1) is 11.2. The third kappa shape index (κ3) is 2.11. The molecule has 0 aliphatic carbocycles. The summed E-state index contributed by atoms with van der Waals surface area (Å²) < 4.78 is 1.85. The summed E-state index contributed by atoms with van der Waals surface area (Å²) in [6, 6.07) is 11.3. The zero-order valence-corrected chi connectivity index (χ0v) is 9.77. The molecule has 1 heterocycles. The largest absolute Gasteiger partial charge is 0.320 e. The number of benzene rings is 1. The summed E-state index contributed by atoms with van der Waals surface area (Å²) in [6.07, 6.45) is 1.59. The molecule has 0 N–H and O–H groups in total. The fourth-order valence-corrected chi connectivity index (χ4v) is 1.77. The summed E-state index contributed by atoms with van der Waals surface area (Å²) in [7, 11) is 0.